The number of esters is 1. The van der Waals surface area contributed by atoms with E-state index in [0.717, 1.165) is 5.56 Å². The Kier molecular flexibility index (Phi) is 7.68. The molecular formula is C26H25ClN2O3S. The van der Waals surface area contributed by atoms with Crippen LogP contribution in [0.2, 0.25) is 5.02 Å². The SMILES string of the molecule is CC1=C(C(=O)OC(C)(C)C)[C@@H](c2ccc(Cl)cc2)C(C#N)=C(SCC(=O)c2ccccc2)N1. The Balaban J connectivity index is 2.00. The molecule has 0 spiro atoms. The van der Waals surface area contributed by atoms with Crippen molar-refractivity contribution in [1.82, 2.24) is 5.32 Å². The van der Waals surface area contributed by atoms with E-state index in [2.05, 4.69) is 11.4 Å². The molecule has 0 aromatic heterocycles. The number of rotatable bonds is 6. The van der Waals surface area contributed by atoms with E-state index in [-0.39, 0.29) is 11.5 Å². The van der Waals surface area contributed by atoms with E-state index in [1.807, 2.05) is 18.2 Å². The van der Waals surface area contributed by atoms with Gasteiger partial charge in [-0.2, -0.15) is 5.26 Å². The van der Waals surface area contributed by atoms with Crippen LogP contribution < -0.4 is 5.32 Å². The number of carbonyl (C=O) groups is 2. The summed E-state index contributed by atoms with van der Waals surface area (Å²) in [4.78, 5) is 25.8. The Morgan fingerprint density at radius 1 is 1.12 bits per heavy atom. The predicted molar refractivity (Wildman–Crippen MR) is 132 cm³/mol. The van der Waals surface area contributed by atoms with Crippen molar-refractivity contribution in [1.29, 1.82) is 5.26 Å². The van der Waals surface area contributed by atoms with Crippen LogP contribution in [0.1, 0.15) is 49.5 Å². The van der Waals surface area contributed by atoms with Crippen LogP contribution in [0.25, 0.3) is 0 Å². The first kappa shape index (κ1) is 24.6. The number of thioether (sulfide) groups is 1. The number of benzene rings is 2. The number of ether oxygens (including phenoxy) is 1. The van der Waals surface area contributed by atoms with E-state index in [4.69, 9.17) is 16.3 Å². The van der Waals surface area contributed by atoms with Gasteiger partial charge in [-0.1, -0.05) is 65.8 Å². The number of ketones is 1. The van der Waals surface area contributed by atoms with Gasteiger partial charge in [0.1, 0.15) is 5.60 Å². The maximum atomic E-state index is 13.2. The lowest BCUT2D eigenvalue weighted by Crippen LogP contribution is -2.32. The van der Waals surface area contributed by atoms with Crippen LogP contribution in [0, 0.1) is 11.3 Å². The predicted octanol–water partition coefficient (Wildman–Crippen LogP) is 5.99. The molecule has 2 aromatic rings. The maximum absolute atomic E-state index is 13.2. The van der Waals surface area contributed by atoms with Gasteiger partial charge < -0.3 is 10.1 Å². The highest BCUT2D eigenvalue weighted by molar-refractivity contribution is 8.03. The fourth-order valence-electron chi connectivity index (χ4n) is 3.46. The van der Waals surface area contributed by atoms with E-state index >= 15 is 0 Å². The van der Waals surface area contributed by atoms with Crippen molar-refractivity contribution in [3.05, 3.63) is 92.6 Å². The molecule has 0 saturated heterocycles. The number of halogens is 1. The molecule has 1 aliphatic rings. The average molecular weight is 481 g/mol. The smallest absolute Gasteiger partial charge is 0.337 e. The van der Waals surface area contributed by atoms with E-state index in [9.17, 15) is 14.9 Å². The fraction of sp³-hybridized carbons (Fsp3) is 0.269. The molecule has 0 amide bonds. The molecule has 0 saturated carbocycles. The first-order valence-electron chi connectivity index (χ1n) is 10.4. The maximum Gasteiger partial charge on any atom is 0.337 e. The van der Waals surface area contributed by atoms with Crippen molar-refractivity contribution in [2.24, 2.45) is 0 Å². The highest BCUT2D eigenvalue weighted by Gasteiger charge is 2.37. The first-order valence-corrected chi connectivity index (χ1v) is 11.8. The van der Waals surface area contributed by atoms with E-state index in [1.54, 1.807) is 64.1 Å². The van der Waals surface area contributed by atoms with Gasteiger partial charge in [0.25, 0.3) is 0 Å². The van der Waals surface area contributed by atoms with Crippen molar-refractivity contribution < 1.29 is 14.3 Å². The minimum absolute atomic E-state index is 0.0465. The molecule has 1 aliphatic heterocycles. The van der Waals surface area contributed by atoms with Crippen molar-refractivity contribution in [2.75, 3.05) is 5.75 Å². The molecule has 2 aromatic carbocycles. The summed E-state index contributed by atoms with van der Waals surface area (Å²) in [6.45, 7) is 7.17. The zero-order valence-electron chi connectivity index (χ0n) is 18.9. The Labute approximate surface area is 203 Å². The highest BCUT2D eigenvalue weighted by Crippen LogP contribution is 2.41. The summed E-state index contributed by atoms with van der Waals surface area (Å²) in [5.41, 5.74) is 1.96. The Morgan fingerprint density at radius 2 is 1.76 bits per heavy atom. The van der Waals surface area contributed by atoms with Gasteiger partial charge in [-0.25, -0.2) is 4.79 Å². The molecule has 33 heavy (non-hydrogen) atoms. The Morgan fingerprint density at radius 3 is 2.33 bits per heavy atom. The van der Waals surface area contributed by atoms with E-state index < -0.39 is 17.5 Å². The molecule has 5 nitrogen and oxygen atoms in total. The molecule has 1 N–H and O–H groups in total. The summed E-state index contributed by atoms with van der Waals surface area (Å²) in [6, 6.07) is 18.3. The van der Waals surface area contributed by atoms with Crippen LogP contribution in [0.4, 0.5) is 0 Å². The topological polar surface area (TPSA) is 79.2 Å². The van der Waals surface area contributed by atoms with Crippen LogP contribution >= 0.6 is 23.4 Å². The first-order chi connectivity index (χ1) is 15.6. The van der Waals surface area contributed by atoms with Gasteiger partial charge in [0.05, 0.1) is 33.9 Å². The number of carbonyl (C=O) groups excluding carboxylic acids is 2. The normalized spacial score (nSPS) is 16.2. The number of dihydropyridines is 1. The summed E-state index contributed by atoms with van der Waals surface area (Å²) >= 11 is 7.32. The quantitative estimate of drug-likeness (QED) is 0.404. The number of hydrogen-bond acceptors (Lipinski definition) is 6. The number of nitrogens with zero attached hydrogens (tertiary/aromatic N) is 1. The Bertz CT molecular complexity index is 1160. The molecule has 0 radical (unpaired) electrons. The molecule has 0 bridgehead atoms. The molecule has 7 heteroatoms. The highest BCUT2D eigenvalue weighted by atomic mass is 35.5. The number of nitriles is 1. The summed E-state index contributed by atoms with van der Waals surface area (Å²) in [7, 11) is 0. The third-order valence-electron chi connectivity index (χ3n) is 4.91. The third-order valence-corrected chi connectivity index (χ3v) is 6.18. The Hall–Kier alpha value is -3.01. The zero-order chi connectivity index (χ0) is 24.2. The summed E-state index contributed by atoms with van der Waals surface area (Å²) in [6.07, 6.45) is 0. The molecule has 0 aliphatic carbocycles. The standard InChI is InChI=1S/C26H25ClN2O3S/c1-16-22(25(31)32-26(2,3)4)23(18-10-12-19(27)13-11-18)20(14-28)24(29-16)33-15-21(30)17-8-6-5-7-9-17/h5-13,23,29H,15H2,1-4H3/t23-/m0/s1. The van der Waals surface area contributed by atoms with Gasteiger partial charge in [0, 0.05) is 16.3 Å². The lowest BCUT2D eigenvalue weighted by molar-refractivity contribution is -0.150. The van der Waals surface area contributed by atoms with Crippen LogP contribution in [0.15, 0.2) is 76.5 Å². The van der Waals surface area contributed by atoms with Crippen molar-refractivity contribution >= 4 is 35.1 Å². The summed E-state index contributed by atoms with van der Waals surface area (Å²) in [5.74, 6) is -1.03. The molecule has 0 fully saturated rings. The minimum Gasteiger partial charge on any atom is -0.457 e. The molecule has 170 valence electrons. The molecule has 0 unspecified atom stereocenters. The zero-order valence-corrected chi connectivity index (χ0v) is 20.5. The largest absolute Gasteiger partial charge is 0.457 e. The van der Waals surface area contributed by atoms with Gasteiger partial charge in [-0.05, 0) is 45.4 Å². The second-order valence-corrected chi connectivity index (χ2v) is 10.0. The minimum atomic E-state index is -0.692. The van der Waals surface area contributed by atoms with Crippen LogP contribution in [-0.2, 0) is 9.53 Å². The monoisotopic (exact) mass is 480 g/mol. The second-order valence-electron chi connectivity index (χ2n) is 8.58. The van der Waals surface area contributed by atoms with Crippen LogP contribution in [0.3, 0.4) is 0 Å². The van der Waals surface area contributed by atoms with E-state index in [0.29, 0.717) is 32.5 Å². The van der Waals surface area contributed by atoms with Crippen molar-refractivity contribution in [2.45, 2.75) is 39.2 Å². The van der Waals surface area contributed by atoms with Crippen molar-refractivity contribution in [3.63, 3.8) is 0 Å². The number of allylic oxidation sites excluding steroid dienone is 2. The molecule has 1 atom stereocenters. The van der Waals surface area contributed by atoms with Crippen molar-refractivity contribution in [3.8, 4) is 6.07 Å². The van der Waals surface area contributed by atoms with Gasteiger partial charge in [-0.3, -0.25) is 4.79 Å². The van der Waals surface area contributed by atoms with Gasteiger partial charge in [0.15, 0.2) is 5.78 Å². The number of Topliss-reactive ketones (excluding diaryl/α,β-unsaturated/α-hetero) is 1. The molecular weight excluding hydrogens is 456 g/mol. The third kappa shape index (κ3) is 6.07. The van der Waals surface area contributed by atoms with Gasteiger partial charge in [-0.15, -0.1) is 0 Å². The average Bonchev–Trinajstić information content (AvgIpc) is 2.76. The lowest BCUT2D eigenvalue weighted by atomic mass is 9.82. The lowest BCUT2D eigenvalue weighted by Gasteiger charge is -2.31. The van der Waals surface area contributed by atoms with Crippen LogP contribution in [-0.4, -0.2) is 23.1 Å². The number of hydrogen-bond donors (Lipinski definition) is 1. The summed E-state index contributed by atoms with van der Waals surface area (Å²) in [5, 5.41) is 14.4. The molecule has 3 rings (SSSR count). The summed E-state index contributed by atoms with van der Waals surface area (Å²) < 4.78 is 5.65. The fourth-order valence-corrected chi connectivity index (χ4v) is 4.58. The molecule has 1 heterocycles. The number of nitrogens with one attached hydrogen (secondary N) is 1. The van der Waals surface area contributed by atoms with Gasteiger partial charge >= 0.3 is 5.97 Å². The van der Waals surface area contributed by atoms with E-state index in [1.165, 1.54) is 11.8 Å². The second kappa shape index (κ2) is 10.3. The van der Waals surface area contributed by atoms with Gasteiger partial charge in [0.2, 0.25) is 0 Å². The van der Waals surface area contributed by atoms with Crippen LogP contribution in [0.5, 0.6) is 0 Å².